The summed E-state index contributed by atoms with van der Waals surface area (Å²) in [6.45, 7) is 4.86. The molecule has 0 amide bonds. The van der Waals surface area contributed by atoms with Crippen molar-refractivity contribution in [1.29, 1.82) is 0 Å². The molecule has 0 saturated heterocycles. The Morgan fingerprint density at radius 2 is 2.40 bits per heavy atom. The van der Waals surface area contributed by atoms with Crippen LogP contribution in [0.2, 0.25) is 0 Å². The van der Waals surface area contributed by atoms with Gasteiger partial charge in [-0.3, -0.25) is 0 Å². The van der Waals surface area contributed by atoms with E-state index in [2.05, 4.69) is 27.0 Å². The molecule has 4 heteroatoms. The number of aryl methyl sites for hydroxylation is 1. The van der Waals surface area contributed by atoms with Gasteiger partial charge < -0.3 is 14.3 Å². The minimum Gasteiger partial charge on any atom is -0.443 e. The van der Waals surface area contributed by atoms with Crippen molar-refractivity contribution >= 4 is 0 Å². The molecular formula is C11H13N3O. The van der Waals surface area contributed by atoms with Gasteiger partial charge in [-0.25, -0.2) is 4.98 Å². The lowest BCUT2D eigenvalue weighted by Crippen LogP contribution is -2.27. The normalized spacial score (nSPS) is 15.3. The minimum absolute atomic E-state index is 0.723. The number of nitrogens with one attached hydrogen (secondary N) is 1. The van der Waals surface area contributed by atoms with Gasteiger partial charge in [0.2, 0.25) is 5.89 Å². The number of hydrogen-bond donors (Lipinski definition) is 1. The van der Waals surface area contributed by atoms with Crippen molar-refractivity contribution in [3.05, 3.63) is 29.8 Å². The molecule has 0 unspecified atom stereocenters. The molecule has 1 aliphatic rings. The highest BCUT2D eigenvalue weighted by Gasteiger charge is 2.15. The maximum absolute atomic E-state index is 5.42. The Balaban J connectivity index is 2.08. The first-order valence-electron chi connectivity index (χ1n) is 5.16. The highest BCUT2D eigenvalue weighted by atomic mass is 16.3. The van der Waals surface area contributed by atoms with Gasteiger partial charge in [0.05, 0.1) is 5.69 Å². The van der Waals surface area contributed by atoms with E-state index in [1.807, 2.05) is 6.92 Å². The Morgan fingerprint density at radius 1 is 1.47 bits per heavy atom. The number of oxazole rings is 1. The van der Waals surface area contributed by atoms with E-state index >= 15 is 0 Å². The second-order valence-electron chi connectivity index (χ2n) is 3.83. The largest absolute Gasteiger partial charge is 0.443 e. The van der Waals surface area contributed by atoms with Gasteiger partial charge in [-0.05, 0) is 19.1 Å². The molecule has 1 aliphatic heterocycles. The molecule has 2 aromatic heterocycles. The van der Waals surface area contributed by atoms with Crippen molar-refractivity contribution in [3.63, 3.8) is 0 Å². The van der Waals surface area contributed by atoms with Crippen LogP contribution in [0, 0.1) is 6.92 Å². The van der Waals surface area contributed by atoms with Crippen molar-refractivity contribution in [2.45, 2.75) is 20.0 Å². The van der Waals surface area contributed by atoms with Crippen LogP contribution in [-0.4, -0.2) is 16.1 Å². The third-order valence-corrected chi connectivity index (χ3v) is 2.73. The van der Waals surface area contributed by atoms with Crippen molar-refractivity contribution in [3.8, 4) is 11.6 Å². The van der Waals surface area contributed by atoms with Crippen molar-refractivity contribution < 1.29 is 4.42 Å². The van der Waals surface area contributed by atoms with Crippen molar-refractivity contribution in [1.82, 2.24) is 14.9 Å². The molecule has 0 fully saturated rings. The number of rotatable bonds is 1. The molecule has 0 spiro atoms. The van der Waals surface area contributed by atoms with Gasteiger partial charge in [-0.2, -0.15) is 0 Å². The van der Waals surface area contributed by atoms with Gasteiger partial charge in [0.15, 0.2) is 0 Å². The fourth-order valence-electron chi connectivity index (χ4n) is 1.99. The lowest BCUT2D eigenvalue weighted by molar-refractivity contribution is 0.507. The van der Waals surface area contributed by atoms with Crippen LogP contribution in [0.1, 0.15) is 11.4 Å². The molecule has 0 saturated carbocycles. The van der Waals surface area contributed by atoms with E-state index in [4.69, 9.17) is 4.42 Å². The second-order valence-corrected chi connectivity index (χ2v) is 3.83. The quantitative estimate of drug-likeness (QED) is 0.764. The monoisotopic (exact) mass is 203 g/mol. The average Bonchev–Trinajstić information content (AvgIpc) is 2.83. The highest BCUT2D eigenvalue weighted by Crippen LogP contribution is 2.23. The molecule has 78 valence electrons. The van der Waals surface area contributed by atoms with E-state index in [0.29, 0.717) is 0 Å². The Hall–Kier alpha value is -1.55. The molecule has 4 nitrogen and oxygen atoms in total. The van der Waals surface area contributed by atoms with Crippen LogP contribution in [0.25, 0.3) is 11.6 Å². The van der Waals surface area contributed by atoms with E-state index in [-0.39, 0.29) is 0 Å². The molecule has 2 aromatic rings. The highest BCUT2D eigenvalue weighted by molar-refractivity contribution is 5.50. The second kappa shape index (κ2) is 3.24. The zero-order valence-electron chi connectivity index (χ0n) is 8.66. The SMILES string of the molecule is Cc1coc(-c2ccc3n2CCNC3)n1. The van der Waals surface area contributed by atoms with Crippen molar-refractivity contribution in [2.75, 3.05) is 6.54 Å². The first kappa shape index (κ1) is 8.73. The van der Waals surface area contributed by atoms with Crippen LogP contribution in [0.5, 0.6) is 0 Å². The third-order valence-electron chi connectivity index (χ3n) is 2.73. The number of hydrogen-bond acceptors (Lipinski definition) is 3. The average molecular weight is 203 g/mol. The lowest BCUT2D eigenvalue weighted by Gasteiger charge is -2.17. The van der Waals surface area contributed by atoms with Crippen LogP contribution < -0.4 is 5.32 Å². The summed E-state index contributed by atoms with van der Waals surface area (Å²) < 4.78 is 7.69. The lowest BCUT2D eigenvalue weighted by atomic mass is 10.3. The fourth-order valence-corrected chi connectivity index (χ4v) is 1.99. The summed E-state index contributed by atoms with van der Waals surface area (Å²) in [7, 11) is 0. The van der Waals surface area contributed by atoms with Gasteiger partial charge in [0.1, 0.15) is 12.0 Å². The molecule has 0 bridgehead atoms. The predicted octanol–water partition coefficient (Wildman–Crippen LogP) is 1.55. The number of fused-ring (bicyclic) bond motifs is 1. The maximum atomic E-state index is 5.42. The summed E-state index contributed by atoms with van der Waals surface area (Å²) in [5.41, 5.74) is 3.31. The van der Waals surface area contributed by atoms with E-state index in [9.17, 15) is 0 Å². The van der Waals surface area contributed by atoms with Gasteiger partial charge in [0, 0.05) is 25.3 Å². The summed E-state index contributed by atoms with van der Waals surface area (Å²) >= 11 is 0. The molecular weight excluding hydrogens is 190 g/mol. The Morgan fingerprint density at radius 3 is 3.20 bits per heavy atom. The third kappa shape index (κ3) is 1.37. The summed E-state index contributed by atoms with van der Waals surface area (Å²) in [4.78, 5) is 4.35. The molecule has 1 N–H and O–H groups in total. The van der Waals surface area contributed by atoms with Crippen LogP contribution >= 0.6 is 0 Å². The van der Waals surface area contributed by atoms with E-state index in [0.717, 1.165) is 36.9 Å². The smallest absolute Gasteiger partial charge is 0.243 e. The van der Waals surface area contributed by atoms with Crippen LogP contribution in [0.3, 0.4) is 0 Å². The van der Waals surface area contributed by atoms with Gasteiger partial charge >= 0.3 is 0 Å². The molecule has 3 heterocycles. The standard InChI is InChI=1S/C11H13N3O/c1-8-7-15-11(13-8)10-3-2-9-6-12-4-5-14(9)10/h2-3,7,12H,4-6H2,1H3. The summed E-state index contributed by atoms with van der Waals surface area (Å²) in [6, 6.07) is 4.20. The maximum Gasteiger partial charge on any atom is 0.243 e. The summed E-state index contributed by atoms with van der Waals surface area (Å²) in [5, 5.41) is 3.34. The summed E-state index contributed by atoms with van der Waals surface area (Å²) in [6.07, 6.45) is 1.69. The van der Waals surface area contributed by atoms with E-state index < -0.39 is 0 Å². The number of aromatic nitrogens is 2. The van der Waals surface area contributed by atoms with Gasteiger partial charge in [-0.1, -0.05) is 0 Å². The minimum atomic E-state index is 0.723. The molecule has 0 radical (unpaired) electrons. The van der Waals surface area contributed by atoms with E-state index in [1.165, 1.54) is 5.69 Å². The molecule has 0 aromatic carbocycles. The van der Waals surface area contributed by atoms with Gasteiger partial charge in [-0.15, -0.1) is 0 Å². The molecule has 0 aliphatic carbocycles. The molecule has 3 rings (SSSR count). The topological polar surface area (TPSA) is 43.0 Å². The van der Waals surface area contributed by atoms with Crippen LogP contribution in [0.4, 0.5) is 0 Å². The zero-order chi connectivity index (χ0) is 10.3. The Kier molecular flexibility index (Phi) is 1.89. The first-order valence-corrected chi connectivity index (χ1v) is 5.16. The Bertz CT molecular complexity index is 484. The number of nitrogens with zero attached hydrogens (tertiary/aromatic N) is 2. The Labute approximate surface area is 87.9 Å². The fraction of sp³-hybridized carbons (Fsp3) is 0.364. The molecule has 0 atom stereocenters. The van der Waals surface area contributed by atoms with Crippen LogP contribution in [-0.2, 0) is 13.1 Å². The van der Waals surface area contributed by atoms with E-state index in [1.54, 1.807) is 6.26 Å². The predicted molar refractivity (Wildman–Crippen MR) is 56.4 cm³/mol. The zero-order valence-corrected chi connectivity index (χ0v) is 8.66. The first-order chi connectivity index (χ1) is 7.34. The van der Waals surface area contributed by atoms with Crippen molar-refractivity contribution in [2.24, 2.45) is 0 Å². The summed E-state index contributed by atoms with van der Waals surface area (Å²) in [5.74, 6) is 0.723. The van der Waals surface area contributed by atoms with Crippen LogP contribution in [0.15, 0.2) is 22.8 Å². The van der Waals surface area contributed by atoms with Gasteiger partial charge in [0.25, 0.3) is 0 Å². The molecule has 15 heavy (non-hydrogen) atoms.